The van der Waals surface area contributed by atoms with Crippen LogP contribution in [0.4, 0.5) is 0 Å². The third-order valence-corrected chi connectivity index (χ3v) is 7.66. The van der Waals surface area contributed by atoms with Gasteiger partial charge in [-0.05, 0) is 55.4 Å². The number of hydrogen-bond acceptors (Lipinski definition) is 5. The fourth-order valence-electron chi connectivity index (χ4n) is 5.88. The Bertz CT molecular complexity index is 748. The van der Waals surface area contributed by atoms with E-state index < -0.39 is 12.2 Å². The third-order valence-electron chi connectivity index (χ3n) is 7.66. The minimum absolute atomic E-state index is 0.0422. The molecule has 0 bridgehead atoms. The number of ether oxygens (including phenoxy) is 2. The van der Waals surface area contributed by atoms with Crippen LogP contribution in [0.15, 0.2) is 22.8 Å². The second kappa shape index (κ2) is 7.90. The van der Waals surface area contributed by atoms with E-state index in [-0.39, 0.29) is 35.3 Å². The highest BCUT2D eigenvalue weighted by Crippen LogP contribution is 2.63. The molecule has 0 amide bonds. The summed E-state index contributed by atoms with van der Waals surface area (Å²) in [6.07, 6.45) is 5.50. The number of rotatable bonds is 4. The van der Waals surface area contributed by atoms with E-state index in [2.05, 4.69) is 27.7 Å². The monoisotopic (exact) mass is 404 g/mol. The molecule has 5 atom stereocenters. The summed E-state index contributed by atoms with van der Waals surface area (Å²) in [5, 5.41) is 11.3. The third kappa shape index (κ3) is 4.03. The van der Waals surface area contributed by atoms with Gasteiger partial charge in [0.05, 0.1) is 6.10 Å². The fourth-order valence-corrected chi connectivity index (χ4v) is 5.88. The molecule has 0 unspecified atom stereocenters. The van der Waals surface area contributed by atoms with Crippen molar-refractivity contribution in [2.75, 3.05) is 6.61 Å². The Morgan fingerprint density at radius 3 is 2.45 bits per heavy atom. The Kier molecular flexibility index (Phi) is 6.01. The van der Waals surface area contributed by atoms with Crippen molar-refractivity contribution in [3.8, 4) is 0 Å². The van der Waals surface area contributed by atoms with Crippen molar-refractivity contribution in [1.29, 1.82) is 0 Å². The van der Waals surface area contributed by atoms with E-state index in [9.17, 15) is 14.7 Å². The molecule has 1 saturated carbocycles. The molecular weight excluding hydrogens is 368 g/mol. The summed E-state index contributed by atoms with van der Waals surface area (Å²) < 4.78 is 10.9. The average Bonchev–Trinajstić information content (AvgIpc) is 2.93. The molecule has 162 valence electrons. The molecule has 29 heavy (non-hydrogen) atoms. The normalized spacial score (nSPS) is 36.8. The second-order valence-corrected chi connectivity index (χ2v) is 10.0. The molecule has 0 aromatic rings. The van der Waals surface area contributed by atoms with Gasteiger partial charge in [-0.15, -0.1) is 0 Å². The topological polar surface area (TPSA) is 72.8 Å². The molecule has 3 rings (SSSR count). The van der Waals surface area contributed by atoms with Gasteiger partial charge in [0.2, 0.25) is 0 Å². The van der Waals surface area contributed by atoms with E-state index in [1.165, 1.54) is 25.0 Å². The van der Waals surface area contributed by atoms with Gasteiger partial charge in [0.25, 0.3) is 0 Å². The Morgan fingerprint density at radius 1 is 1.17 bits per heavy atom. The van der Waals surface area contributed by atoms with E-state index >= 15 is 0 Å². The van der Waals surface area contributed by atoms with E-state index in [0.717, 1.165) is 25.7 Å². The standard InChI is InChI=1S/C24H36O5/c1-14(2)18-7-8-23(5)9-10-24(6)19(22(18)23)12-20(29-16(4)26)17(11-21(24)27)13-28-15(3)25/h11,14,19-21,27H,7-10,12-13H2,1-6H3/t19-,20-,21+,23-,24-/m1/s1. The van der Waals surface area contributed by atoms with Crippen LogP contribution in [0, 0.1) is 22.7 Å². The van der Waals surface area contributed by atoms with Gasteiger partial charge in [-0.25, -0.2) is 0 Å². The van der Waals surface area contributed by atoms with Gasteiger partial charge in [0.1, 0.15) is 12.7 Å². The van der Waals surface area contributed by atoms with Gasteiger partial charge < -0.3 is 14.6 Å². The highest BCUT2D eigenvalue weighted by molar-refractivity contribution is 5.67. The minimum Gasteiger partial charge on any atom is -0.461 e. The first-order chi connectivity index (χ1) is 13.5. The lowest BCUT2D eigenvalue weighted by Crippen LogP contribution is -2.46. The zero-order valence-electron chi connectivity index (χ0n) is 18.7. The molecule has 1 N–H and O–H groups in total. The predicted molar refractivity (Wildman–Crippen MR) is 111 cm³/mol. The lowest BCUT2D eigenvalue weighted by atomic mass is 9.54. The summed E-state index contributed by atoms with van der Waals surface area (Å²) in [6.45, 7) is 11.8. The summed E-state index contributed by atoms with van der Waals surface area (Å²) in [4.78, 5) is 23.2. The van der Waals surface area contributed by atoms with Crippen LogP contribution in [-0.4, -0.2) is 35.9 Å². The van der Waals surface area contributed by atoms with Crippen molar-refractivity contribution in [2.24, 2.45) is 22.7 Å². The fraction of sp³-hybridized carbons (Fsp3) is 0.750. The highest BCUT2D eigenvalue weighted by Gasteiger charge is 2.55. The van der Waals surface area contributed by atoms with Crippen LogP contribution in [0.25, 0.3) is 0 Å². The maximum atomic E-state index is 11.9. The predicted octanol–water partition coefficient (Wildman–Crippen LogP) is 4.34. The van der Waals surface area contributed by atoms with E-state index in [1.54, 1.807) is 6.08 Å². The lowest BCUT2D eigenvalue weighted by Gasteiger charge is -2.51. The Morgan fingerprint density at radius 2 is 1.86 bits per heavy atom. The molecule has 0 saturated heterocycles. The molecule has 0 aromatic heterocycles. The average molecular weight is 405 g/mol. The molecule has 0 spiro atoms. The lowest BCUT2D eigenvalue weighted by molar-refractivity contribution is -0.146. The van der Waals surface area contributed by atoms with Crippen LogP contribution in [0.1, 0.15) is 73.6 Å². The quantitative estimate of drug-likeness (QED) is 0.557. The smallest absolute Gasteiger partial charge is 0.303 e. The van der Waals surface area contributed by atoms with Crippen LogP contribution in [0.2, 0.25) is 0 Å². The number of aliphatic hydroxyl groups excluding tert-OH is 1. The van der Waals surface area contributed by atoms with Crippen LogP contribution < -0.4 is 0 Å². The number of aliphatic hydroxyl groups is 1. The van der Waals surface area contributed by atoms with Gasteiger partial charge in [-0.3, -0.25) is 9.59 Å². The van der Waals surface area contributed by atoms with Crippen LogP contribution in [0.5, 0.6) is 0 Å². The zero-order chi connectivity index (χ0) is 21.6. The first kappa shape index (κ1) is 22.1. The maximum Gasteiger partial charge on any atom is 0.303 e. The molecule has 1 fully saturated rings. The Balaban J connectivity index is 2.07. The maximum absolute atomic E-state index is 11.9. The molecule has 5 nitrogen and oxygen atoms in total. The van der Waals surface area contributed by atoms with Gasteiger partial charge in [-0.2, -0.15) is 0 Å². The molecule has 3 aliphatic rings. The summed E-state index contributed by atoms with van der Waals surface area (Å²) >= 11 is 0. The van der Waals surface area contributed by atoms with Gasteiger partial charge in [-0.1, -0.05) is 38.8 Å². The number of fused-ring (bicyclic) bond motifs is 3. The van der Waals surface area contributed by atoms with Gasteiger partial charge in [0.15, 0.2) is 0 Å². The second-order valence-electron chi connectivity index (χ2n) is 10.0. The van der Waals surface area contributed by atoms with Crippen LogP contribution in [0.3, 0.4) is 0 Å². The first-order valence-corrected chi connectivity index (χ1v) is 10.9. The van der Waals surface area contributed by atoms with E-state index in [0.29, 0.717) is 17.9 Å². The number of esters is 2. The summed E-state index contributed by atoms with van der Waals surface area (Å²) in [5.74, 6) is -0.144. The minimum atomic E-state index is -0.676. The molecule has 0 aliphatic heterocycles. The molecule has 5 heteroatoms. The van der Waals surface area contributed by atoms with E-state index in [4.69, 9.17) is 9.47 Å². The highest BCUT2D eigenvalue weighted by atomic mass is 16.6. The summed E-state index contributed by atoms with van der Waals surface area (Å²) in [5.41, 5.74) is 3.52. The van der Waals surface area contributed by atoms with Crippen molar-refractivity contribution < 1.29 is 24.2 Å². The first-order valence-electron chi connectivity index (χ1n) is 10.9. The van der Waals surface area contributed by atoms with Gasteiger partial charge >= 0.3 is 11.9 Å². The number of allylic oxidation sites excluding steroid dienone is 2. The van der Waals surface area contributed by atoms with Crippen molar-refractivity contribution in [3.05, 3.63) is 22.8 Å². The van der Waals surface area contributed by atoms with Crippen LogP contribution in [-0.2, 0) is 19.1 Å². The van der Waals surface area contributed by atoms with Crippen molar-refractivity contribution in [3.63, 3.8) is 0 Å². The van der Waals surface area contributed by atoms with Crippen LogP contribution >= 0.6 is 0 Å². The molecule has 0 heterocycles. The number of carbonyl (C=O) groups excluding carboxylic acids is 2. The summed E-state index contributed by atoms with van der Waals surface area (Å²) in [7, 11) is 0. The number of hydrogen-bond donors (Lipinski definition) is 1. The molecule has 0 aromatic carbocycles. The molecule has 0 radical (unpaired) electrons. The summed E-state index contributed by atoms with van der Waals surface area (Å²) in [6, 6.07) is 0. The number of carbonyl (C=O) groups is 2. The Labute approximate surface area is 174 Å². The van der Waals surface area contributed by atoms with Crippen molar-refractivity contribution >= 4 is 11.9 Å². The molecular formula is C24H36O5. The SMILES string of the molecule is CC(=O)OCC1=C[C@H](O)[C@]2(C)CC[C@@]3(C)CCC(C(C)C)=C3[C@H]2C[C@H]1OC(C)=O. The van der Waals surface area contributed by atoms with Crippen molar-refractivity contribution in [2.45, 2.75) is 85.9 Å². The zero-order valence-corrected chi connectivity index (χ0v) is 18.7. The van der Waals surface area contributed by atoms with E-state index in [1.807, 2.05) is 0 Å². The largest absolute Gasteiger partial charge is 0.461 e. The van der Waals surface area contributed by atoms with Gasteiger partial charge in [0, 0.05) is 24.8 Å². The van der Waals surface area contributed by atoms with Crippen molar-refractivity contribution in [1.82, 2.24) is 0 Å². The molecule has 3 aliphatic carbocycles. The Hall–Kier alpha value is -1.62.